The highest BCUT2D eigenvalue weighted by Gasteiger charge is 2.22. The van der Waals surface area contributed by atoms with Crippen LogP contribution in [-0.4, -0.2) is 36.4 Å². The van der Waals surface area contributed by atoms with Crippen molar-refractivity contribution in [2.75, 3.05) is 25.0 Å². The summed E-state index contributed by atoms with van der Waals surface area (Å²) >= 11 is 1.55. The Hall–Kier alpha value is -1.47. The highest BCUT2D eigenvalue weighted by molar-refractivity contribution is 7.15. The quantitative estimate of drug-likeness (QED) is 0.760. The smallest absolute Gasteiger partial charge is 0.245 e. The van der Waals surface area contributed by atoms with Crippen molar-refractivity contribution in [3.05, 3.63) is 11.1 Å². The average molecular weight is 350 g/mol. The molecule has 132 valence electrons. The first-order valence-corrected chi connectivity index (χ1v) is 9.78. The molecule has 0 unspecified atom stereocenters. The van der Waals surface area contributed by atoms with Crippen LogP contribution in [0, 0.1) is 5.92 Å². The average Bonchev–Trinajstić information content (AvgIpc) is 3.09. The van der Waals surface area contributed by atoms with Crippen molar-refractivity contribution in [3.8, 4) is 0 Å². The first-order valence-electron chi connectivity index (χ1n) is 8.96. The Balaban J connectivity index is 1.43. The van der Waals surface area contributed by atoms with Crippen LogP contribution in [0.4, 0.5) is 5.13 Å². The molecule has 2 heterocycles. The fourth-order valence-corrected chi connectivity index (χ4v) is 4.48. The molecule has 1 aromatic rings. The first-order chi connectivity index (χ1) is 11.7. The van der Waals surface area contributed by atoms with Gasteiger partial charge in [0.25, 0.3) is 0 Å². The minimum Gasteiger partial charge on any atom is -0.347 e. The molecule has 2 amide bonds. The van der Waals surface area contributed by atoms with Gasteiger partial charge in [-0.2, -0.15) is 0 Å². The predicted octanol–water partition coefficient (Wildman–Crippen LogP) is 2.25. The molecule has 3 rings (SSSR count). The van der Waals surface area contributed by atoms with Gasteiger partial charge in [0, 0.05) is 17.0 Å². The van der Waals surface area contributed by atoms with E-state index in [0.29, 0.717) is 11.0 Å². The van der Waals surface area contributed by atoms with Gasteiger partial charge in [-0.05, 0) is 44.7 Å². The van der Waals surface area contributed by atoms with Crippen LogP contribution in [0.3, 0.4) is 0 Å². The van der Waals surface area contributed by atoms with E-state index in [0.717, 1.165) is 51.6 Å². The summed E-state index contributed by atoms with van der Waals surface area (Å²) in [5, 5.41) is 9.54. The van der Waals surface area contributed by atoms with E-state index >= 15 is 0 Å². The molecule has 1 saturated carbocycles. The molecule has 2 aliphatic rings. The van der Waals surface area contributed by atoms with Crippen LogP contribution in [-0.2, 0) is 9.59 Å². The van der Waals surface area contributed by atoms with E-state index < -0.39 is 0 Å². The van der Waals surface area contributed by atoms with Crippen molar-refractivity contribution in [2.45, 2.75) is 50.9 Å². The van der Waals surface area contributed by atoms with Crippen molar-refractivity contribution < 1.29 is 9.59 Å². The zero-order chi connectivity index (χ0) is 16.8. The number of carbonyl (C=O) groups excluding carboxylic acids is 2. The second kappa shape index (κ2) is 8.58. The van der Waals surface area contributed by atoms with Crippen LogP contribution in [0.15, 0.2) is 6.20 Å². The van der Waals surface area contributed by atoms with E-state index in [-0.39, 0.29) is 24.3 Å². The number of nitrogens with one attached hydrogen (secondary N) is 3. The molecule has 2 fully saturated rings. The van der Waals surface area contributed by atoms with Crippen LogP contribution in [0.5, 0.6) is 0 Å². The van der Waals surface area contributed by atoms with Gasteiger partial charge in [0.2, 0.25) is 11.8 Å². The van der Waals surface area contributed by atoms with Crippen molar-refractivity contribution in [2.24, 2.45) is 5.92 Å². The lowest BCUT2D eigenvalue weighted by atomic mass is 9.89. The van der Waals surface area contributed by atoms with E-state index in [1.807, 2.05) is 6.20 Å². The van der Waals surface area contributed by atoms with Gasteiger partial charge in [-0.1, -0.05) is 19.3 Å². The molecule has 3 N–H and O–H groups in total. The summed E-state index contributed by atoms with van der Waals surface area (Å²) in [6.45, 7) is 2.10. The molecule has 24 heavy (non-hydrogen) atoms. The predicted molar refractivity (Wildman–Crippen MR) is 95.2 cm³/mol. The standard InChI is InChI=1S/C17H26N4O2S/c22-15(11-19-16(23)13-4-2-1-3-5-13)21-17-20-10-14(24-17)12-6-8-18-9-7-12/h10,12-13,18H,1-9,11H2,(H,19,23)(H,20,21,22). The molecule has 1 saturated heterocycles. The number of amides is 2. The van der Waals surface area contributed by atoms with E-state index in [1.165, 1.54) is 11.3 Å². The van der Waals surface area contributed by atoms with E-state index in [2.05, 4.69) is 20.9 Å². The zero-order valence-electron chi connectivity index (χ0n) is 14.0. The number of thiazole rings is 1. The van der Waals surface area contributed by atoms with Gasteiger partial charge in [-0.3, -0.25) is 9.59 Å². The van der Waals surface area contributed by atoms with E-state index in [4.69, 9.17) is 0 Å². The summed E-state index contributed by atoms with van der Waals surface area (Å²) in [5.74, 6) is 0.433. The monoisotopic (exact) mass is 350 g/mol. The third-order valence-corrected chi connectivity index (χ3v) is 5.99. The van der Waals surface area contributed by atoms with E-state index in [1.54, 1.807) is 11.3 Å². The third kappa shape index (κ3) is 4.77. The van der Waals surface area contributed by atoms with Crippen molar-refractivity contribution in [1.82, 2.24) is 15.6 Å². The van der Waals surface area contributed by atoms with Crippen LogP contribution < -0.4 is 16.0 Å². The Kier molecular flexibility index (Phi) is 6.20. The van der Waals surface area contributed by atoms with Gasteiger partial charge >= 0.3 is 0 Å². The fraction of sp³-hybridized carbons (Fsp3) is 0.706. The molecule has 1 aliphatic heterocycles. The Morgan fingerprint density at radius 1 is 1.17 bits per heavy atom. The van der Waals surface area contributed by atoms with Gasteiger partial charge in [0.05, 0.1) is 6.54 Å². The Morgan fingerprint density at radius 3 is 2.67 bits per heavy atom. The Morgan fingerprint density at radius 2 is 1.92 bits per heavy atom. The SMILES string of the molecule is O=C(CNC(=O)C1CCCCC1)Nc1ncc(C2CCNCC2)s1. The number of aromatic nitrogens is 1. The van der Waals surface area contributed by atoms with Gasteiger partial charge in [0.15, 0.2) is 5.13 Å². The lowest BCUT2D eigenvalue weighted by Gasteiger charge is -2.20. The van der Waals surface area contributed by atoms with Crippen LogP contribution in [0.2, 0.25) is 0 Å². The Bertz CT molecular complexity index is 563. The number of hydrogen-bond acceptors (Lipinski definition) is 5. The van der Waals surface area contributed by atoms with Crippen molar-refractivity contribution in [3.63, 3.8) is 0 Å². The highest BCUT2D eigenvalue weighted by Crippen LogP contribution is 2.31. The summed E-state index contributed by atoms with van der Waals surface area (Å²) in [4.78, 5) is 29.6. The maximum absolute atomic E-state index is 12.1. The number of rotatable bonds is 5. The molecular formula is C17H26N4O2S. The minimum absolute atomic E-state index is 0.0133. The number of hydrogen-bond donors (Lipinski definition) is 3. The third-order valence-electron chi connectivity index (χ3n) is 4.91. The molecule has 1 aliphatic carbocycles. The van der Waals surface area contributed by atoms with Gasteiger partial charge < -0.3 is 16.0 Å². The number of nitrogens with zero attached hydrogens (tertiary/aromatic N) is 1. The van der Waals surface area contributed by atoms with Crippen molar-refractivity contribution >= 4 is 28.3 Å². The number of anilines is 1. The topological polar surface area (TPSA) is 83.1 Å². The maximum atomic E-state index is 12.1. The largest absolute Gasteiger partial charge is 0.347 e. The molecule has 0 radical (unpaired) electrons. The highest BCUT2D eigenvalue weighted by atomic mass is 32.1. The van der Waals surface area contributed by atoms with Crippen LogP contribution in [0.25, 0.3) is 0 Å². The van der Waals surface area contributed by atoms with Gasteiger partial charge in [-0.25, -0.2) is 4.98 Å². The lowest BCUT2D eigenvalue weighted by molar-refractivity contribution is -0.128. The minimum atomic E-state index is -0.203. The van der Waals surface area contributed by atoms with Crippen molar-refractivity contribution in [1.29, 1.82) is 0 Å². The summed E-state index contributed by atoms with van der Waals surface area (Å²) in [6.07, 6.45) is 9.44. The first kappa shape index (κ1) is 17.4. The maximum Gasteiger partial charge on any atom is 0.245 e. The fourth-order valence-electron chi connectivity index (χ4n) is 3.48. The van der Waals surface area contributed by atoms with Crippen LogP contribution in [0.1, 0.15) is 55.7 Å². The van der Waals surface area contributed by atoms with E-state index in [9.17, 15) is 9.59 Å². The molecule has 1 aromatic heterocycles. The molecule has 0 bridgehead atoms. The molecule has 0 atom stereocenters. The van der Waals surface area contributed by atoms with Gasteiger partial charge in [0.1, 0.15) is 0 Å². The molecule has 7 heteroatoms. The van der Waals surface area contributed by atoms with Gasteiger partial charge in [-0.15, -0.1) is 11.3 Å². The summed E-state index contributed by atoms with van der Waals surface area (Å²) in [6, 6.07) is 0. The Labute approximate surface area is 146 Å². The second-order valence-corrected chi connectivity index (χ2v) is 7.76. The zero-order valence-corrected chi connectivity index (χ0v) is 14.8. The summed E-state index contributed by atoms with van der Waals surface area (Å²) in [7, 11) is 0. The molecule has 0 aromatic carbocycles. The lowest BCUT2D eigenvalue weighted by Crippen LogP contribution is -2.37. The molecule has 0 spiro atoms. The summed E-state index contributed by atoms with van der Waals surface area (Å²) in [5.41, 5.74) is 0. The van der Waals surface area contributed by atoms with Crippen LogP contribution >= 0.6 is 11.3 Å². The molecule has 6 nitrogen and oxygen atoms in total. The number of piperidine rings is 1. The number of carbonyl (C=O) groups is 2. The normalized spacial score (nSPS) is 19.8. The molecular weight excluding hydrogens is 324 g/mol. The summed E-state index contributed by atoms with van der Waals surface area (Å²) < 4.78 is 0. The second-order valence-electron chi connectivity index (χ2n) is 6.69.